The van der Waals surface area contributed by atoms with Crippen molar-refractivity contribution >= 4 is 0 Å². The fraction of sp³-hybridized carbons (Fsp3) is 0.421. The zero-order chi connectivity index (χ0) is 17.9. The minimum absolute atomic E-state index is 0.211. The Morgan fingerprint density at radius 3 is 2.96 bits per heavy atom. The van der Waals surface area contributed by atoms with Gasteiger partial charge in [-0.25, -0.2) is 9.97 Å². The first-order chi connectivity index (χ1) is 12.7. The number of ether oxygens (including phenoxy) is 1. The molecule has 0 aromatic carbocycles. The summed E-state index contributed by atoms with van der Waals surface area (Å²) >= 11 is 0. The maximum atomic E-state index is 5.90. The largest absolute Gasteiger partial charge is 0.475 e. The first kappa shape index (κ1) is 16.8. The Labute approximate surface area is 153 Å². The van der Waals surface area contributed by atoms with Crippen LogP contribution in [0.1, 0.15) is 37.2 Å². The third-order valence-electron chi connectivity index (χ3n) is 4.65. The summed E-state index contributed by atoms with van der Waals surface area (Å²) in [5.41, 5.74) is 2.44. The molecule has 7 nitrogen and oxygen atoms in total. The Morgan fingerprint density at radius 2 is 2.19 bits per heavy atom. The third kappa shape index (κ3) is 3.62. The lowest BCUT2D eigenvalue weighted by atomic mass is 10.2. The van der Waals surface area contributed by atoms with Gasteiger partial charge in [-0.05, 0) is 19.9 Å². The molecule has 0 spiro atoms. The van der Waals surface area contributed by atoms with Crippen LogP contribution in [0.3, 0.4) is 0 Å². The number of imidazole rings is 1. The van der Waals surface area contributed by atoms with E-state index in [1.165, 1.54) is 11.3 Å². The summed E-state index contributed by atoms with van der Waals surface area (Å²) in [7, 11) is 0. The van der Waals surface area contributed by atoms with Crippen LogP contribution in [0.2, 0.25) is 0 Å². The molecule has 0 N–H and O–H groups in total. The molecule has 0 saturated carbocycles. The number of hydrogen-bond acceptors (Lipinski definition) is 5. The van der Waals surface area contributed by atoms with Gasteiger partial charge in [0.2, 0.25) is 5.88 Å². The van der Waals surface area contributed by atoms with Gasteiger partial charge in [-0.2, -0.15) is 5.10 Å². The Bertz CT molecular complexity index is 841. The van der Waals surface area contributed by atoms with E-state index in [0.717, 1.165) is 19.6 Å². The van der Waals surface area contributed by atoms with E-state index in [9.17, 15) is 0 Å². The van der Waals surface area contributed by atoms with Crippen LogP contribution in [0.4, 0.5) is 0 Å². The van der Waals surface area contributed by atoms with E-state index in [-0.39, 0.29) is 6.04 Å². The smallest absolute Gasteiger partial charge is 0.213 e. The lowest BCUT2D eigenvalue weighted by Gasteiger charge is -2.34. The molecule has 0 fully saturated rings. The predicted molar refractivity (Wildman–Crippen MR) is 97.7 cm³/mol. The van der Waals surface area contributed by atoms with Crippen LogP contribution >= 0.6 is 0 Å². The summed E-state index contributed by atoms with van der Waals surface area (Å²) in [6.45, 7) is 7.51. The van der Waals surface area contributed by atoms with Gasteiger partial charge in [0.15, 0.2) is 0 Å². The van der Waals surface area contributed by atoms with Gasteiger partial charge >= 0.3 is 0 Å². The fourth-order valence-electron chi connectivity index (χ4n) is 3.33. The molecule has 1 aliphatic rings. The van der Waals surface area contributed by atoms with Crippen LogP contribution < -0.4 is 4.74 Å². The van der Waals surface area contributed by atoms with E-state index in [1.807, 2.05) is 41.6 Å². The second-order valence-corrected chi connectivity index (χ2v) is 7.02. The molecule has 136 valence electrons. The lowest BCUT2D eigenvalue weighted by molar-refractivity contribution is 0.134. The Hall–Kier alpha value is -2.67. The number of aromatic nitrogens is 5. The van der Waals surface area contributed by atoms with Gasteiger partial charge in [0, 0.05) is 55.9 Å². The zero-order valence-electron chi connectivity index (χ0n) is 15.2. The summed E-state index contributed by atoms with van der Waals surface area (Å²) < 4.78 is 10.1. The molecule has 4 rings (SSSR count). The Morgan fingerprint density at radius 1 is 1.27 bits per heavy atom. The monoisotopic (exact) mass is 352 g/mol. The average Bonchev–Trinajstić information content (AvgIpc) is 3.30. The van der Waals surface area contributed by atoms with Crippen LogP contribution in [-0.2, 0) is 13.1 Å². The summed E-state index contributed by atoms with van der Waals surface area (Å²) in [6, 6.07) is 6.30. The van der Waals surface area contributed by atoms with Gasteiger partial charge in [0.25, 0.3) is 0 Å². The highest BCUT2D eigenvalue weighted by Gasteiger charge is 2.26. The van der Waals surface area contributed by atoms with Crippen molar-refractivity contribution in [3.05, 3.63) is 60.6 Å². The molecule has 0 saturated heterocycles. The third-order valence-corrected chi connectivity index (χ3v) is 4.65. The van der Waals surface area contributed by atoms with Crippen LogP contribution in [-0.4, -0.2) is 42.4 Å². The van der Waals surface area contributed by atoms with Gasteiger partial charge in [-0.1, -0.05) is 6.07 Å². The predicted octanol–water partition coefficient (Wildman–Crippen LogP) is 2.69. The molecule has 1 unspecified atom stereocenters. The average molecular weight is 352 g/mol. The summed E-state index contributed by atoms with van der Waals surface area (Å²) in [6.07, 6.45) is 9.69. The first-order valence-corrected chi connectivity index (χ1v) is 8.99. The van der Waals surface area contributed by atoms with Crippen molar-refractivity contribution < 1.29 is 4.74 Å². The van der Waals surface area contributed by atoms with E-state index < -0.39 is 0 Å². The van der Waals surface area contributed by atoms with Crippen molar-refractivity contribution in [3.8, 4) is 5.88 Å². The molecule has 3 aromatic heterocycles. The minimum Gasteiger partial charge on any atom is -0.475 e. The maximum Gasteiger partial charge on any atom is 0.213 e. The first-order valence-electron chi connectivity index (χ1n) is 8.99. The topological polar surface area (TPSA) is 61.0 Å². The van der Waals surface area contributed by atoms with Crippen molar-refractivity contribution in [1.82, 2.24) is 29.2 Å². The molecular weight excluding hydrogens is 328 g/mol. The standard InChI is InChI=1S/C19H24N6O/c1-15(2)25-10-16(7-22-25)9-23-11-17-8-20-14-24(17)18(12-23)13-26-19-5-3-4-6-21-19/h3-8,10,14-15,18H,9,11-13H2,1-2H3. The normalized spacial score (nSPS) is 17.4. The van der Waals surface area contributed by atoms with Crippen molar-refractivity contribution in [1.29, 1.82) is 0 Å². The van der Waals surface area contributed by atoms with E-state index in [0.29, 0.717) is 18.5 Å². The van der Waals surface area contributed by atoms with Gasteiger partial charge in [0.05, 0.1) is 24.3 Å². The molecule has 0 radical (unpaired) electrons. The molecule has 0 bridgehead atoms. The second kappa shape index (κ2) is 7.29. The summed E-state index contributed by atoms with van der Waals surface area (Å²) in [4.78, 5) is 11.0. The number of pyridine rings is 1. The highest BCUT2D eigenvalue weighted by molar-refractivity contribution is 5.11. The van der Waals surface area contributed by atoms with Crippen LogP contribution in [0.5, 0.6) is 5.88 Å². The SMILES string of the molecule is CC(C)n1cc(CN2Cc3cncn3C(COc3ccccn3)C2)cn1. The molecule has 1 atom stereocenters. The van der Waals surface area contributed by atoms with E-state index in [1.54, 1.807) is 6.20 Å². The summed E-state index contributed by atoms with van der Waals surface area (Å²) in [5, 5.41) is 4.45. The zero-order valence-corrected chi connectivity index (χ0v) is 15.2. The highest BCUT2D eigenvalue weighted by Crippen LogP contribution is 2.23. The highest BCUT2D eigenvalue weighted by atomic mass is 16.5. The quantitative estimate of drug-likeness (QED) is 0.683. The molecular formula is C19H24N6O. The van der Waals surface area contributed by atoms with Crippen LogP contribution in [0.15, 0.2) is 49.3 Å². The number of hydrogen-bond donors (Lipinski definition) is 0. The minimum atomic E-state index is 0.211. The van der Waals surface area contributed by atoms with Gasteiger partial charge < -0.3 is 9.30 Å². The molecule has 0 aliphatic carbocycles. The van der Waals surface area contributed by atoms with E-state index in [4.69, 9.17) is 4.74 Å². The maximum absolute atomic E-state index is 5.90. The molecule has 3 aromatic rings. The van der Waals surface area contributed by atoms with Crippen LogP contribution in [0, 0.1) is 0 Å². The van der Waals surface area contributed by atoms with Crippen molar-refractivity contribution in [2.24, 2.45) is 0 Å². The molecule has 4 heterocycles. The Kier molecular flexibility index (Phi) is 4.71. The van der Waals surface area contributed by atoms with Crippen molar-refractivity contribution in [3.63, 3.8) is 0 Å². The van der Waals surface area contributed by atoms with E-state index >= 15 is 0 Å². The summed E-state index contributed by atoms with van der Waals surface area (Å²) in [5.74, 6) is 0.657. The Balaban J connectivity index is 1.45. The molecule has 1 aliphatic heterocycles. The van der Waals surface area contributed by atoms with Gasteiger partial charge in [-0.15, -0.1) is 0 Å². The molecule has 7 heteroatoms. The van der Waals surface area contributed by atoms with Gasteiger partial charge in [-0.3, -0.25) is 9.58 Å². The number of fused-ring (bicyclic) bond motifs is 1. The second-order valence-electron chi connectivity index (χ2n) is 7.02. The number of rotatable bonds is 6. The molecule has 0 amide bonds. The lowest BCUT2D eigenvalue weighted by Crippen LogP contribution is -2.38. The van der Waals surface area contributed by atoms with Gasteiger partial charge in [0.1, 0.15) is 6.61 Å². The van der Waals surface area contributed by atoms with Crippen LogP contribution in [0.25, 0.3) is 0 Å². The molecule has 26 heavy (non-hydrogen) atoms. The van der Waals surface area contributed by atoms with Crippen molar-refractivity contribution in [2.45, 2.75) is 39.0 Å². The van der Waals surface area contributed by atoms with E-state index in [2.05, 4.69) is 44.6 Å². The van der Waals surface area contributed by atoms with Crippen molar-refractivity contribution in [2.75, 3.05) is 13.2 Å². The number of nitrogens with zero attached hydrogens (tertiary/aromatic N) is 6. The fourth-order valence-corrected chi connectivity index (χ4v) is 3.33.